The van der Waals surface area contributed by atoms with Crippen molar-refractivity contribution in [3.05, 3.63) is 65.7 Å². The van der Waals surface area contributed by atoms with Gasteiger partial charge in [-0.25, -0.2) is 0 Å². The van der Waals surface area contributed by atoms with E-state index in [2.05, 4.69) is 0 Å². The molecular formula is C20H23NO3. The fourth-order valence-corrected chi connectivity index (χ4v) is 2.83. The quantitative estimate of drug-likeness (QED) is 0.816. The van der Waals surface area contributed by atoms with Gasteiger partial charge in [-0.1, -0.05) is 30.3 Å². The average Bonchev–Trinajstić information content (AvgIpc) is 3.13. The lowest BCUT2D eigenvalue weighted by molar-refractivity contribution is 0.0587. The summed E-state index contributed by atoms with van der Waals surface area (Å²) in [5.41, 5.74) is 1.79. The van der Waals surface area contributed by atoms with Crippen LogP contribution in [0.4, 0.5) is 0 Å². The molecule has 4 nitrogen and oxygen atoms in total. The van der Waals surface area contributed by atoms with E-state index in [1.807, 2.05) is 61.6 Å². The molecule has 0 radical (unpaired) electrons. The number of ether oxygens (including phenoxy) is 2. The summed E-state index contributed by atoms with van der Waals surface area (Å²) in [6.07, 6.45) is 2.29. The Bertz CT molecular complexity index is 648. The van der Waals surface area contributed by atoms with Crippen LogP contribution < -0.4 is 4.74 Å². The molecule has 24 heavy (non-hydrogen) atoms. The van der Waals surface area contributed by atoms with Crippen LogP contribution in [0.2, 0.25) is 0 Å². The molecule has 126 valence electrons. The van der Waals surface area contributed by atoms with Gasteiger partial charge in [0, 0.05) is 25.8 Å². The summed E-state index contributed by atoms with van der Waals surface area (Å²) in [6, 6.07) is 17.3. The number of hydrogen-bond acceptors (Lipinski definition) is 3. The van der Waals surface area contributed by atoms with E-state index in [0.717, 1.165) is 30.8 Å². The van der Waals surface area contributed by atoms with Crippen molar-refractivity contribution < 1.29 is 14.3 Å². The van der Waals surface area contributed by atoms with E-state index in [1.54, 1.807) is 4.90 Å². The average molecular weight is 325 g/mol. The molecule has 2 aromatic carbocycles. The van der Waals surface area contributed by atoms with E-state index in [4.69, 9.17) is 9.47 Å². The highest BCUT2D eigenvalue weighted by Crippen LogP contribution is 2.17. The Morgan fingerprint density at radius 2 is 1.92 bits per heavy atom. The molecule has 3 rings (SSSR count). The van der Waals surface area contributed by atoms with Gasteiger partial charge in [-0.05, 0) is 42.7 Å². The Morgan fingerprint density at radius 1 is 1.17 bits per heavy atom. The first-order valence-corrected chi connectivity index (χ1v) is 8.36. The van der Waals surface area contributed by atoms with Crippen LogP contribution in [0.5, 0.6) is 5.75 Å². The zero-order valence-electron chi connectivity index (χ0n) is 14.0. The first kappa shape index (κ1) is 16.5. The predicted molar refractivity (Wildman–Crippen MR) is 93.2 cm³/mol. The van der Waals surface area contributed by atoms with Gasteiger partial charge in [-0.2, -0.15) is 0 Å². The smallest absolute Gasteiger partial charge is 0.253 e. The number of rotatable bonds is 6. The van der Waals surface area contributed by atoms with E-state index >= 15 is 0 Å². The highest BCUT2D eigenvalue weighted by atomic mass is 16.5. The van der Waals surface area contributed by atoms with Gasteiger partial charge in [0.15, 0.2) is 0 Å². The van der Waals surface area contributed by atoms with Gasteiger partial charge in [0.1, 0.15) is 12.4 Å². The van der Waals surface area contributed by atoms with Crippen molar-refractivity contribution in [2.24, 2.45) is 0 Å². The van der Waals surface area contributed by atoms with E-state index in [-0.39, 0.29) is 12.0 Å². The molecule has 1 fully saturated rings. The molecule has 0 bridgehead atoms. The molecule has 0 aliphatic carbocycles. The lowest BCUT2D eigenvalue weighted by atomic mass is 10.1. The van der Waals surface area contributed by atoms with Crippen molar-refractivity contribution in [1.29, 1.82) is 0 Å². The van der Waals surface area contributed by atoms with Crippen molar-refractivity contribution in [3.8, 4) is 5.75 Å². The number of amides is 1. The lowest BCUT2D eigenvalue weighted by Crippen LogP contribution is -2.34. The fourth-order valence-electron chi connectivity index (χ4n) is 2.83. The van der Waals surface area contributed by atoms with Gasteiger partial charge in [0.05, 0.1) is 6.10 Å². The molecule has 2 aromatic rings. The second-order valence-corrected chi connectivity index (χ2v) is 6.12. The first-order chi connectivity index (χ1) is 11.7. The number of nitrogens with zero attached hydrogens (tertiary/aromatic N) is 1. The van der Waals surface area contributed by atoms with Gasteiger partial charge >= 0.3 is 0 Å². The standard InChI is InChI=1S/C20H23NO3/c1-21(14-19-8-5-13-23-19)20(22)17-9-11-18(12-10-17)24-15-16-6-3-2-4-7-16/h2-4,6-7,9-12,19H,5,8,13-15H2,1H3. The normalized spacial score (nSPS) is 16.8. The lowest BCUT2D eigenvalue weighted by Gasteiger charge is -2.21. The van der Waals surface area contributed by atoms with Crippen molar-refractivity contribution in [1.82, 2.24) is 4.90 Å². The van der Waals surface area contributed by atoms with Gasteiger partial charge in [-0.15, -0.1) is 0 Å². The molecule has 4 heteroatoms. The Morgan fingerprint density at radius 3 is 2.58 bits per heavy atom. The van der Waals surface area contributed by atoms with Gasteiger partial charge in [-0.3, -0.25) is 4.79 Å². The molecule has 1 aliphatic heterocycles. The molecule has 0 saturated carbocycles. The molecule has 0 spiro atoms. The van der Waals surface area contributed by atoms with Crippen molar-refractivity contribution in [2.75, 3.05) is 20.2 Å². The van der Waals surface area contributed by atoms with Gasteiger partial charge < -0.3 is 14.4 Å². The van der Waals surface area contributed by atoms with Gasteiger partial charge in [0.2, 0.25) is 0 Å². The summed E-state index contributed by atoms with van der Waals surface area (Å²) in [4.78, 5) is 14.2. The minimum atomic E-state index is 0.0140. The Hall–Kier alpha value is -2.33. The molecule has 1 unspecified atom stereocenters. The number of carbonyl (C=O) groups excluding carboxylic acids is 1. The largest absolute Gasteiger partial charge is 0.489 e. The van der Waals surface area contributed by atoms with Crippen molar-refractivity contribution in [3.63, 3.8) is 0 Å². The number of likely N-dealkylation sites (N-methyl/N-ethyl adjacent to an activating group) is 1. The minimum Gasteiger partial charge on any atom is -0.489 e. The maximum Gasteiger partial charge on any atom is 0.253 e. The highest BCUT2D eigenvalue weighted by molar-refractivity contribution is 5.94. The topological polar surface area (TPSA) is 38.8 Å². The number of benzene rings is 2. The third-order valence-electron chi connectivity index (χ3n) is 4.20. The Kier molecular flexibility index (Phi) is 5.49. The molecule has 1 atom stereocenters. The summed E-state index contributed by atoms with van der Waals surface area (Å²) >= 11 is 0. The van der Waals surface area contributed by atoms with Crippen LogP contribution in [-0.4, -0.2) is 37.1 Å². The summed E-state index contributed by atoms with van der Waals surface area (Å²) < 4.78 is 11.3. The summed E-state index contributed by atoms with van der Waals surface area (Å²) in [5, 5.41) is 0. The second kappa shape index (κ2) is 7.97. The van der Waals surface area contributed by atoms with Crippen LogP contribution in [0.3, 0.4) is 0 Å². The van der Waals surface area contributed by atoms with E-state index in [1.165, 1.54) is 0 Å². The number of carbonyl (C=O) groups is 1. The van der Waals surface area contributed by atoms with Crippen LogP contribution in [-0.2, 0) is 11.3 Å². The molecule has 1 aliphatic rings. The van der Waals surface area contributed by atoms with E-state index in [9.17, 15) is 4.79 Å². The van der Waals surface area contributed by atoms with Crippen LogP contribution in [0.25, 0.3) is 0 Å². The van der Waals surface area contributed by atoms with Crippen molar-refractivity contribution in [2.45, 2.75) is 25.6 Å². The monoisotopic (exact) mass is 325 g/mol. The van der Waals surface area contributed by atoms with Crippen molar-refractivity contribution >= 4 is 5.91 Å². The van der Waals surface area contributed by atoms with Crippen LogP contribution >= 0.6 is 0 Å². The molecular weight excluding hydrogens is 302 g/mol. The molecule has 1 saturated heterocycles. The van der Waals surface area contributed by atoms with Crippen LogP contribution in [0.15, 0.2) is 54.6 Å². The maximum absolute atomic E-state index is 12.5. The predicted octanol–water partition coefficient (Wildman–Crippen LogP) is 3.52. The van der Waals surface area contributed by atoms with Crippen LogP contribution in [0.1, 0.15) is 28.8 Å². The zero-order valence-corrected chi connectivity index (χ0v) is 14.0. The highest BCUT2D eigenvalue weighted by Gasteiger charge is 2.20. The zero-order chi connectivity index (χ0) is 16.8. The summed E-state index contributed by atoms with van der Waals surface area (Å²) in [7, 11) is 1.82. The maximum atomic E-state index is 12.5. The third kappa shape index (κ3) is 4.36. The third-order valence-corrected chi connectivity index (χ3v) is 4.20. The van der Waals surface area contributed by atoms with E-state index in [0.29, 0.717) is 18.7 Å². The first-order valence-electron chi connectivity index (χ1n) is 8.36. The Labute approximate surface area is 143 Å². The summed E-state index contributed by atoms with van der Waals surface area (Å²) in [5.74, 6) is 0.775. The summed E-state index contributed by atoms with van der Waals surface area (Å²) in [6.45, 7) is 1.97. The van der Waals surface area contributed by atoms with E-state index < -0.39 is 0 Å². The minimum absolute atomic E-state index is 0.0140. The fraction of sp³-hybridized carbons (Fsp3) is 0.350. The SMILES string of the molecule is CN(CC1CCCO1)C(=O)c1ccc(OCc2ccccc2)cc1. The number of hydrogen-bond donors (Lipinski definition) is 0. The van der Waals surface area contributed by atoms with Gasteiger partial charge in [0.25, 0.3) is 5.91 Å². The van der Waals surface area contributed by atoms with Crippen LogP contribution in [0, 0.1) is 0 Å². The molecule has 1 amide bonds. The molecule has 0 N–H and O–H groups in total. The second-order valence-electron chi connectivity index (χ2n) is 6.12. The Balaban J connectivity index is 1.54. The molecule has 0 aromatic heterocycles. The molecule has 1 heterocycles.